The minimum Gasteiger partial charge on any atom is -0.342 e. The average molecular weight is 501 g/mol. The molecule has 0 atom stereocenters. The third-order valence-electron chi connectivity index (χ3n) is 7.74. The lowest BCUT2D eigenvalue weighted by Crippen LogP contribution is -2.36. The molecular weight excluding hydrogens is 460 g/mol. The van der Waals surface area contributed by atoms with Crippen LogP contribution in [0.3, 0.4) is 0 Å². The summed E-state index contributed by atoms with van der Waals surface area (Å²) in [4.78, 5) is 38.7. The molecule has 3 aromatic rings. The highest BCUT2D eigenvalue weighted by Crippen LogP contribution is 2.34. The molecule has 196 valence electrons. The van der Waals surface area contributed by atoms with Crippen LogP contribution in [0.4, 0.5) is 5.69 Å². The van der Waals surface area contributed by atoms with Gasteiger partial charge in [-0.3, -0.25) is 9.59 Å². The molecule has 37 heavy (non-hydrogen) atoms. The van der Waals surface area contributed by atoms with Crippen molar-refractivity contribution >= 4 is 28.5 Å². The first-order valence-corrected chi connectivity index (χ1v) is 14.3. The van der Waals surface area contributed by atoms with Crippen molar-refractivity contribution in [1.82, 2.24) is 14.9 Å². The number of fused-ring (bicyclic) bond motifs is 2. The van der Waals surface area contributed by atoms with Crippen LogP contribution in [-0.2, 0) is 22.6 Å². The molecule has 0 radical (unpaired) electrons. The predicted molar refractivity (Wildman–Crippen MR) is 148 cm³/mol. The van der Waals surface area contributed by atoms with Crippen LogP contribution in [0.5, 0.6) is 0 Å². The number of nitrogens with zero attached hydrogens (tertiary/aromatic N) is 3. The first-order valence-electron chi connectivity index (χ1n) is 14.3. The lowest BCUT2D eigenvalue weighted by molar-refractivity contribution is -0.132. The lowest BCUT2D eigenvalue weighted by Gasteiger charge is -2.28. The Hall–Kier alpha value is -3.15. The van der Waals surface area contributed by atoms with E-state index >= 15 is 0 Å². The van der Waals surface area contributed by atoms with Crippen LogP contribution in [-0.4, -0.2) is 39.8 Å². The molecule has 6 nitrogen and oxygen atoms in total. The molecule has 6 heteroatoms. The Morgan fingerprint density at radius 2 is 1.59 bits per heavy atom. The molecule has 0 unspecified atom stereocenters. The van der Waals surface area contributed by atoms with E-state index in [4.69, 9.17) is 0 Å². The number of benzene rings is 2. The van der Waals surface area contributed by atoms with Gasteiger partial charge in [0.1, 0.15) is 5.82 Å². The van der Waals surface area contributed by atoms with Crippen LogP contribution in [0.25, 0.3) is 11.0 Å². The van der Waals surface area contributed by atoms with Gasteiger partial charge in [0.15, 0.2) is 0 Å². The summed E-state index contributed by atoms with van der Waals surface area (Å²) in [5.41, 5.74) is 4.15. The summed E-state index contributed by atoms with van der Waals surface area (Å²) in [5, 5.41) is 0. The first kappa shape index (κ1) is 25.5. The van der Waals surface area contributed by atoms with Gasteiger partial charge in [-0.2, -0.15) is 0 Å². The van der Waals surface area contributed by atoms with E-state index in [9.17, 15) is 9.59 Å². The number of H-pyrrole nitrogens is 1. The molecule has 5 rings (SSSR count). The highest BCUT2D eigenvalue weighted by Gasteiger charge is 2.34. The summed E-state index contributed by atoms with van der Waals surface area (Å²) in [5.74, 6) is 1.67. The number of nitrogens with one attached hydrogen (secondary N) is 1. The summed E-state index contributed by atoms with van der Waals surface area (Å²) in [6, 6.07) is 16.3. The monoisotopic (exact) mass is 500 g/mol. The minimum atomic E-state index is 0.188. The number of unbranched alkanes of at least 4 members (excludes halogenated alkanes) is 1. The van der Waals surface area contributed by atoms with Crippen molar-refractivity contribution in [1.29, 1.82) is 0 Å². The van der Waals surface area contributed by atoms with Crippen molar-refractivity contribution in [3.63, 3.8) is 0 Å². The largest absolute Gasteiger partial charge is 0.342 e. The zero-order valence-corrected chi connectivity index (χ0v) is 22.0. The number of anilines is 1. The fourth-order valence-electron chi connectivity index (χ4n) is 5.44. The fourth-order valence-corrected chi connectivity index (χ4v) is 5.44. The van der Waals surface area contributed by atoms with Gasteiger partial charge >= 0.3 is 0 Å². The molecule has 2 aliphatic rings. The zero-order valence-electron chi connectivity index (χ0n) is 22.0. The Bertz CT molecular complexity index is 1170. The highest BCUT2D eigenvalue weighted by atomic mass is 16.2. The van der Waals surface area contributed by atoms with Crippen LogP contribution >= 0.6 is 0 Å². The van der Waals surface area contributed by atoms with E-state index in [2.05, 4.69) is 22.1 Å². The van der Waals surface area contributed by atoms with Gasteiger partial charge in [-0.05, 0) is 62.3 Å². The van der Waals surface area contributed by atoms with Crippen molar-refractivity contribution < 1.29 is 9.59 Å². The Morgan fingerprint density at radius 1 is 0.865 bits per heavy atom. The third kappa shape index (κ3) is 6.79. The van der Waals surface area contributed by atoms with E-state index in [0.717, 1.165) is 99.0 Å². The topological polar surface area (TPSA) is 69.3 Å². The van der Waals surface area contributed by atoms with E-state index in [0.29, 0.717) is 13.0 Å². The number of aromatic nitrogens is 2. The first-order chi connectivity index (χ1) is 18.2. The van der Waals surface area contributed by atoms with E-state index in [1.54, 1.807) is 0 Å². The van der Waals surface area contributed by atoms with Crippen molar-refractivity contribution in [2.75, 3.05) is 18.0 Å². The number of aryl methyl sites for hydroxylation is 1. The van der Waals surface area contributed by atoms with E-state index in [1.807, 2.05) is 46.2 Å². The standard InChI is InChI=1S/C31H40N4O2/c36-30(18-10-9-17-29-32-26-14-6-7-15-27(26)33-29)34-21-11-3-1-2-4-12-22-35(31(37)24-19-20-24)28-16-8-5-13-25(28)23-34/h5-8,13-16,24H,1-4,9-12,17-23H2,(H,32,33). The van der Waals surface area contributed by atoms with Gasteiger partial charge in [-0.1, -0.05) is 56.0 Å². The summed E-state index contributed by atoms with van der Waals surface area (Å²) in [7, 11) is 0. The summed E-state index contributed by atoms with van der Waals surface area (Å²) < 4.78 is 0. The number of amides is 2. The van der Waals surface area contributed by atoms with Crippen LogP contribution < -0.4 is 4.90 Å². The number of imidazole rings is 1. The maximum atomic E-state index is 13.4. The molecule has 1 aromatic heterocycles. The molecular formula is C31H40N4O2. The van der Waals surface area contributed by atoms with Gasteiger partial charge < -0.3 is 14.8 Å². The summed E-state index contributed by atoms with van der Waals surface area (Å²) >= 11 is 0. The molecule has 2 amide bonds. The van der Waals surface area contributed by atoms with Crippen molar-refractivity contribution in [3.05, 3.63) is 59.9 Å². The zero-order chi connectivity index (χ0) is 25.5. The Labute approximate surface area is 220 Å². The second kappa shape index (κ2) is 12.4. The predicted octanol–water partition coefficient (Wildman–Crippen LogP) is 6.40. The second-order valence-corrected chi connectivity index (χ2v) is 10.7. The van der Waals surface area contributed by atoms with Gasteiger partial charge in [-0.15, -0.1) is 0 Å². The minimum absolute atomic E-state index is 0.188. The van der Waals surface area contributed by atoms with Crippen molar-refractivity contribution in [2.45, 2.75) is 83.6 Å². The quantitative estimate of drug-likeness (QED) is 0.398. The molecule has 0 bridgehead atoms. The van der Waals surface area contributed by atoms with Crippen molar-refractivity contribution in [2.24, 2.45) is 5.92 Å². The highest BCUT2D eigenvalue weighted by molar-refractivity contribution is 5.97. The van der Waals surface area contributed by atoms with Gasteiger partial charge in [0, 0.05) is 44.1 Å². The maximum Gasteiger partial charge on any atom is 0.230 e. The number of hydrogen-bond acceptors (Lipinski definition) is 3. The van der Waals surface area contributed by atoms with Crippen molar-refractivity contribution in [3.8, 4) is 0 Å². The number of aromatic amines is 1. The Balaban J connectivity index is 1.24. The number of hydrogen-bond donors (Lipinski definition) is 1. The van der Waals surface area contributed by atoms with Gasteiger partial charge in [-0.25, -0.2) is 4.98 Å². The molecule has 1 fully saturated rings. The lowest BCUT2D eigenvalue weighted by atomic mass is 10.1. The fraction of sp³-hybridized carbons (Fsp3) is 0.516. The second-order valence-electron chi connectivity index (χ2n) is 10.7. The Morgan fingerprint density at radius 3 is 2.41 bits per heavy atom. The Kier molecular flexibility index (Phi) is 8.54. The molecule has 1 saturated carbocycles. The number of rotatable bonds is 6. The van der Waals surface area contributed by atoms with E-state index < -0.39 is 0 Å². The van der Waals surface area contributed by atoms with Crippen LogP contribution in [0.2, 0.25) is 0 Å². The third-order valence-corrected chi connectivity index (χ3v) is 7.74. The molecule has 2 heterocycles. The van der Waals surface area contributed by atoms with E-state index in [-0.39, 0.29) is 17.7 Å². The smallest absolute Gasteiger partial charge is 0.230 e. The number of carbonyl (C=O) groups is 2. The molecule has 0 spiro atoms. The molecule has 1 aliphatic heterocycles. The molecule has 1 aliphatic carbocycles. The summed E-state index contributed by atoms with van der Waals surface area (Å²) in [6.45, 7) is 2.14. The van der Waals surface area contributed by atoms with Gasteiger partial charge in [0.2, 0.25) is 11.8 Å². The van der Waals surface area contributed by atoms with Gasteiger partial charge in [0.25, 0.3) is 0 Å². The number of carbonyl (C=O) groups excluding carboxylic acids is 2. The summed E-state index contributed by atoms with van der Waals surface area (Å²) in [6.07, 6.45) is 12.0. The van der Waals surface area contributed by atoms with Crippen LogP contribution in [0.1, 0.15) is 82.0 Å². The van der Waals surface area contributed by atoms with Crippen LogP contribution in [0.15, 0.2) is 48.5 Å². The molecule has 2 aromatic carbocycles. The molecule has 0 saturated heterocycles. The number of para-hydroxylation sites is 3. The van der Waals surface area contributed by atoms with Crippen LogP contribution in [0, 0.1) is 5.92 Å². The molecule has 1 N–H and O–H groups in total. The van der Waals surface area contributed by atoms with Gasteiger partial charge in [0.05, 0.1) is 11.0 Å². The normalized spacial score (nSPS) is 17.5. The maximum absolute atomic E-state index is 13.4. The SMILES string of the molecule is O=C(CCCCc1nc2ccccc2[nH]1)N1CCCCCCCCN(C(=O)C2CC2)c2ccccc2C1. The average Bonchev–Trinajstić information content (AvgIpc) is 3.68. The van der Waals surface area contributed by atoms with E-state index in [1.165, 1.54) is 12.8 Å².